The van der Waals surface area contributed by atoms with Crippen molar-refractivity contribution in [1.29, 1.82) is 0 Å². The van der Waals surface area contributed by atoms with Crippen LogP contribution in [0.25, 0.3) is 0 Å². The predicted molar refractivity (Wildman–Crippen MR) is 52.3 cm³/mol. The van der Waals surface area contributed by atoms with Crippen LogP contribution < -0.4 is 11.2 Å². The Morgan fingerprint density at radius 3 is 2.69 bits per heavy atom. The Balaban J connectivity index is 2.79. The molecule has 0 unspecified atom stereocenters. The van der Waals surface area contributed by atoms with Crippen LogP contribution in [-0.4, -0.2) is 11.7 Å². The van der Waals surface area contributed by atoms with Crippen molar-refractivity contribution >= 4 is 11.7 Å². The minimum Gasteiger partial charge on any atom is -0.350 e. The van der Waals surface area contributed by atoms with Gasteiger partial charge in [-0.3, -0.25) is 0 Å². The van der Waals surface area contributed by atoms with E-state index in [2.05, 4.69) is 31.3 Å². The summed E-state index contributed by atoms with van der Waals surface area (Å²) in [6.45, 7) is 6.22. The van der Waals surface area contributed by atoms with Crippen molar-refractivity contribution in [1.82, 2.24) is 5.43 Å². The van der Waals surface area contributed by atoms with Gasteiger partial charge < -0.3 is 5.73 Å². The highest BCUT2D eigenvalue weighted by atomic mass is 16.2. The summed E-state index contributed by atoms with van der Waals surface area (Å²) in [5.74, 6) is 0. The number of carbonyl (C=O) groups excluding carboxylic acids is 1. The summed E-state index contributed by atoms with van der Waals surface area (Å²) in [5.41, 5.74) is 9.32. The van der Waals surface area contributed by atoms with Gasteiger partial charge in [0.1, 0.15) is 0 Å². The van der Waals surface area contributed by atoms with E-state index in [1.807, 2.05) is 6.08 Å². The van der Waals surface area contributed by atoms with Crippen molar-refractivity contribution in [2.75, 3.05) is 0 Å². The topological polar surface area (TPSA) is 67.5 Å². The van der Waals surface area contributed by atoms with Gasteiger partial charge in [0.05, 0.1) is 5.71 Å². The first kappa shape index (κ1) is 9.77. The molecule has 4 heteroatoms. The molecular formula is C9H15N3O. The molecule has 0 bridgehead atoms. The molecule has 0 heterocycles. The van der Waals surface area contributed by atoms with Crippen molar-refractivity contribution in [3.63, 3.8) is 0 Å². The largest absolute Gasteiger partial charge is 0.350 e. The number of carbonyl (C=O) groups is 1. The minimum absolute atomic E-state index is 0.00648. The number of nitrogens with one attached hydrogen (secondary N) is 1. The number of hydrogen-bond acceptors (Lipinski definition) is 2. The van der Waals surface area contributed by atoms with Crippen molar-refractivity contribution in [2.24, 2.45) is 16.3 Å². The zero-order valence-corrected chi connectivity index (χ0v) is 8.22. The number of urea groups is 1. The smallest absolute Gasteiger partial charge is 0.332 e. The second-order valence-electron chi connectivity index (χ2n) is 4.02. The average molecular weight is 181 g/mol. The number of amides is 2. The Kier molecular flexibility index (Phi) is 2.40. The lowest BCUT2D eigenvalue weighted by Crippen LogP contribution is -2.28. The SMILES string of the molecule is CC1=C/C(=N/NC(N)=O)C(C)(C)C1. The van der Waals surface area contributed by atoms with E-state index in [1.54, 1.807) is 0 Å². The molecule has 0 aromatic rings. The molecule has 0 fully saturated rings. The van der Waals surface area contributed by atoms with Gasteiger partial charge in [0.25, 0.3) is 0 Å². The van der Waals surface area contributed by atoms with E-state index in [0.29, 0.717) is 0 Å². The van der Waals surface area contributed by atoms with Crippen molar-refractivity contribution in [2.45, 2.75) is 27.2 Å². The first-order chi connectivity index (χ1) is 5.92. The van der Waals surface area contributed by atoms with E-state index < -0.39 is 6.03 Å². The van der Waals surface area contributed by atoms with E-state index in [-0.39, 0.29) is 5.41 Å². The molecule has 0 aliphatic heterocycles. The summed E-state index contributed by atoms with van der Waals surface area (Å²) in [6, 6.07) is -0.624. The second kappa shape index (κ2) is 3.20. The van der Waals surface area contributed by atoms with E-state index in [4.69, 9.17) is 5.73 Å². The number of hydrazone groups is 1. The Labute approximate surface area is 77.9 Å². The van der Waals surface area contributed by atoms with Crippen molar-refractivity contribution in [3.05, 3.63) is 11.6 Å². The molecule has 13 heavy (non-hydrogen) atoms. The number of hydrogen-bond donors (Lipinski definition) is 2. The van der Waals surface area contributed by atoms with Crippen LogP contribution in [0.5, 0.6) is 0 Å². The summed E-state index contributed by atoms with van der Waals surface area (Å²) < 4.78 is 0. The lowest BCUT2D eigenvalue weighted by Gasteiger charge is -2.18. The van der Waals surface area contributed by atoms with Crippen molar-refractivity contribution < 1.29 is 4.79 Å². The van der Waals surface area contributed by atoms with E-state index in [9.17, 15) is 4.79 Å². The quantitative estimate of drug-likeness (QED) is 0.590. The first-order valence-electron chi connectivity index (χ1n) is 4.22. The van der Waals surface area contributed by atoms with Crippen LogP contribution in [0.4, 0.5) is 4.79 Å². The van der Waals surface area contributed by atoms with E-state index in [1.165, 1.54) is 5.57 Å². The summed E-state index contributed by atoms with van der Waals surface area (Å²) in [6.07, 6.45) is 2.96. The monoisotopic (exact) mass is 181 g/mol. The maximum Gasteiger partial charge on any atom is 0.332 e. The summed E-state index contributed by atoms with van der Waals surface area (Å²) >= 11 is 0. The zero-order chi connectivity index (χ0) is 10.1. The standard InChI is InChI=1S/C9H15N3O/c1-6-4-7(9(2,3)5-6)11-12-8(10)13/h4H,5H2,1-3H3,(H3,10,12,13)/b11-7-. The van der Waals surface area contributed by atoms with Crippen molar-refractivity contribution in [3.8, 4) is 0 Å². The Bertz CT molecular complexity index is 289. The molecule has 2 amide bonds. The fourth-order valence-corrected chi connectivity index (χ4v) is 1.57. The van der Waals surface area contributed by atoms with Crippen LogP contribution >= 0.6 is 0 Å². The maximum absolute atomic E-state index is 10.4. The van der Waals surface area contributed by atoms with Crippen LogP contribution in [0.3, 0.4) is 0 Å². The number of nitrogens with two attached hydrogens (primary N) is 1. The molecule has 4 nitrogen and oxygen atoms in total. The van der Waals surface area contributed by atoms with Crippen LogP contribution in [0.15, 0.2) is 16.8 Å². The third-order valence-corrected chi connectivity index (χ3v) is 2.08. The average Bonchev–Trinajstić information content (AvgIpc) is 2.19. The molecule has 0 radical (unpaired) electrons. The molecule has 0 spiro atoms. The van der Waals surface area contributed by atoms with Gasteiger partial charge in [-0.05, 0) is 19.4 Å². The Morgan fingerprint density at radius 1 is 1.69 bits per heavy atom. The third kappa shape index (κ3) is 2.31. The molecule has 0 saturated carbocycles. The van der Waals surface area contributed by atoms with Crippen LogP contribution in [0.2, 0.25) is 0 Å². The Morgan fingerprint density at radius 2 is 2.31 bits per heavy atom. The highest BCUT2D eigenvalue weighted by Crippen LogP contribution is 2.33. The van der Waals surface area contributed by atoms with Crippen LogP contribution in [-0.2, 0) is 0 Å². The van der Waals surface area contributed by atoms with Gasteiger partial charge >= 0.3 is 6.03 Å². The lowest BCUT2D eigenvalue weighted by atomic mass is 9.88. The van der Waals surface area contributed by atoms with E-state index in [0.717, 1.165) is 12.1 Å². The molecule has 0 aromatic heterocycles. The molecule has 0 aromatic carbocycles. The molecule has 0 saturated heterocycles. The number of allylic oxidation sites excluding steroid dienone is 2. The number of primary amides is 1. The zero-order valence-electron chi connectivity index (χ0n) is 8.22. The van der Waals surface area contributed by atoms with Gasteiger partial charge in [-0.1, -0.05) is 19.4 Å². The number of nitrogens with zero attached hydrogens (tertiary/aromatic N) is 1. The summed E-state index contributed by atoms with van der Waals surface area (Å²) in [5, 5.41) is 3.94. The second-order valence-corrected chi connectivity index (χ2v) is 4.02. The summed E-state index contributed by atoms with van der Waals surface area (Å²) in [7, 11) is 0. The van der Waals surface area contributed by atoms with Gasteiger partial charge in [0.15, 0.2) is 0 Å². The first-order valence-corrected chi connectivity index (χ1v) is 4.22. The lowest BCUT2D eigenvalue weighted by molar-refractivity contribution is 0.249. The summed E-state index contributed by atoms with van der Waals surface area (Å²) in [4.78, 5) is 10.4. The molecule has 3 N–H and O–H groups in total. The van der Waals surface area contributed by atoms with E-state index >= 15 is 0 Å². The maximum atomic E-state index is 10.4. The van der Waals surface area contributed by atoms with Crippen LogP contribution in [0, 0.1) is 5.41 Å². The molecule has 0 atom stereocenters. The van der Waals surface area contributed by atoms with Gasteiger partial charge in [0.2, 0.25) is 0 Å². The number of rotatable bonds is 1. The Hall–Kier alpha value is -1.32. The predicted octanol–water partition coefficient (Wildman–Crippen LogP) is 1.39. The highest BCUT2D eigenvalue weighted by Gasteiger charge is 2.29. The normalized spacial score (nSPS) is 23.0. The van der Waals surface area contributed by atoms with Gasteiger partial charge in [0, 0.05) is 5.41 Å². The minimum atomic E-state index is -0.624. The molecule has 72 valence electrons. The molecule has 1 aliphatic carbocycles. The molecule has 1 rings (SSSR count). The third-order valence-electron chi connectivity index (χ3n) is 2.08. The van der Waals surface area contributed by atoms with Gasteiger partial charge in [-0.2, -0.15) is 5.10 Å². The highest BCUT2D eigenvalue weighted by molar-refractivity contribution is 6.02. The fraction of sp³-hybridized carbons (Fsp3) is 0.556. The molecule has 1 aliphatic rings. The van der Waals surface area contributed by atoms with Gasteiger partial charge in [-0.15, -0.1) is 0 Å². The van der Waals surface area contributed by atoms with Crippen LogP contribution in [0.1, 0.15) is 27.2 Å². The van der Waals surface area contributed by atoms with Gasteiger partial charge in [-0.25, -0.2) is 10.2 Å². The fourth-order valence-electron chi connectivity index (χ4n) is 1.57. The molecular weight excluding hydrogens is 166 g/mol.